The van der Waals surface area contributed by atoms with Crippen LogP contribution in [0.1, 0.15) is 25.1 Å². The molecule has 3 N–H and O–H groups in total. The van der Waals surface area contributed by atoms with Crippen molar-refractivity contribution < 1.29 is 5.11 Å². The van der Waals surface area contributed by atoms with Crippen molar-refractivity contribution in [2.45, 2.75) is 26.0 Å². The van der Waals surface area contributed by atoms with Gasteiger partial charge in [0.05, 0.1) is 18.8 Å². The SMILES string of the molecule is CCNC(=NCc1cn2ccsc2n1)NCC(C)(O)c1ccccc1.I. The fourth-order valence-electron chi connectivity index (χ4n) is 2.51. The van der Waals surface area contributed by atoms with Crippen molar-refractivity contribution >= 4 is 46.2 Å². The van der Waals surface area contributed by atoms with Gasteiger partial charge in [-0.05, 0) is 19.4 Å². The van der Waals surface area contributed by atoms with Gasteiger partial charge in [0, 0.05) is 24.3 Å². The van der Waals surface area contributed by atoms with Crippen molar-refractivity contribution in [1.82, 2.24) is 20.0 Å². The second kappa shape index (κ2) is 9.33. The maximum atomic E-state index is 10.7. The first-order valence-electron chi connectivity index (χ1n) is 8.29. The van der Waals surface area contributed by atoms with Gasteiger partial charge < -0.3 is 15.7 Å². The lowest BCUT2D eigenvalue weighted by atomic mass is 9.96. The van der Waals surface area contributed by atoms with E-state index in [2.05, 4.69) is 20.6 Å². The first-order chi connectivity index (χ1) is 12.1. The second-order valence-electron chi connectivity index (χ2n) is 6.01. The van der Waals surface area contributed by atoms with Gasteiger partial charge in [0.2, 0.25) is 0 Å². The molecular weight excluding hydrogens is 461 g/mol. The van der Waals surface area contributed by atoms with Crippen LogP contribution in [-0.2, 0) is 12.1 Å². The van der Waals surface area contributed by atoms with Crippen molar-refractivity contribution in [2.75, 3.05) is 13.1 Å². The van der Waals surface area contributed by atoms with Gasteiger partial charge in [-0.25, -0.2) is 9.98 Å². The molecule has 0 aliphatic carbocycles. The van der Waals surface area contributed by atoms with E-state index >= 15 is 0 Å². The molecular formula is C18H24IN5OS. The zero-order valence-corrected chi connectivity index (χ0v) is 18.0. The highest BCUT2D eigenvalue weighted by molar-refractivity contribution is 14.0. The minimum atomic E-state index is -0.978. The number of guanidine groups is 1. The molecule has 2 heterocycles. The summed E-state index contributed by atoms with van der Waals surface area (Å²) in [6.07, 6.45) is 3.97. The van der Waals surface area contributed by atoms with Crippen LogP contribution in [0, 0.1) is 0 Å². The summed E-state index contributed by atoms with van der Waals surface area (Å²) >= 11 is 1.60. The molecule has 0 saturated carbocycles. The Hall–Kier alpha value is -1.65. The maximum absolute atomic E-state index is 10.7. The number of thiazole rings is 1. The molecule has 0 spiro atoms. The van der Waals surface area contributed by atoms with Gasteiger partial charge in [0.25, 0.3) is 0 Å². The first kappa shape index (κ1) is 20.7. The fraction of sp³-hybridized carbons (Fsp3) is 0.333. The van der Waals surface area contributed by atoms with Gasteiger partial charge in [-0.15, -0.1) is 35.3 Å². The molecule has 1 unspecified atom stereocenters. The average molecular weight is 485 g/mol. The molecule has 0 amide bonds. The smallest absolute Gasteiger partial charge is 0.193 e. The minimum absolute atomic E-state index is 0. The van der Waals surface area contributed by atoms with Crippen LogP contribution in [0.25, 0.3) is 4.96 Å². The summed E-state index contributed by atoms with van der Waals surface area (Å²) < 4.78 is 2.00. The van der Waals surface area contributed by atoms with Crippen LogP contribution in [0.2, 0.25) is 0 Å². The summed E-state index contributed by atoms with van der Waals surface area (Å²) in [5.74, 6) is 0.662. The molecule has 1 aromatic carbocycles. The molecule has 26 heavy (non-hydrogen) atoms. The Bertz CT molecular complexity index is 815. The lowest BCUT2D eigenvalue weighted by Gasteiger charge is -2.25. The van der Waals surface area contributed by atoms with E-state index in [9.17, 15) is 5.11 Å². The van der Waals surface area contributed by atoms with Crippen molar-refractivity contribution in [2.24, 2.45) is 4.99 Å². The number of benzene rings is 1. The van der Waals surface area contributed by atoms with Crippen molar-refractivity contribution in [3.05, 3.63) is 59.4 Å². The Morgan fingerprint density at radius 3 is 2.77 bits per heavy atom. The first-order valence-corrected chi connectivity index (χ1v) is 9.17. The Kier molecular flexibility index (Phi) is 7.42. The van der Waals surface area contributed by atoms with E-state index in [4.69, 9.17) is 0 Å². The monoisotopic (exact) mass is 485 g/mol. The van der Waals surface area contributed by atoms with E-state index in [1.807, 2.05) is 59.4 Å². The number of hydrogen-bond donors (Lipinski definition) is 3. The van der Waals surface area contributed by atoms with Gasteiger partial charge in [-0.2, -0.15) is 0 Å². The summed E-state index contributed by atoms with van der Waals surface area (Å²) in [7, 11) is 0. The van der Waals surface area contributed by atoms with E-state index in [1.54, 1.807) is 18.3 Å². The quantitative estimate of drug-likeness (QED) is 0.285. The molecule has 0 fully saturated rings. The molecule has 3 aromatic rings. The third kappa shape index (κ3) is 5.18. The van der Waals surface area contributed by atoms with Crippen LogP contribution in [0.15, 0.2) is 53.1 Å². The largest absolute Gasteiger partial charge is 0.384 e. The molecule has 140 valence electrons. The third-order valence-corrected chi connectivity index (χ3v) is 4.65. The normalized spacial score (nSPS) is 13.9. The summed E-state index contributed by atoms with van der Waals surface area (Å²) in [5.41, 5.74) is 0.806. The number of nitrogens with zero attached hydrogens (tertiary/aromatic N) is 3. The van der Waals surface area contributed by atoms with E-state index in [0.717, 1.165) is 22.8 Å². The predicted molar refractivity (Wildman–Crippen MR) is 117 cm³/mol. The zero-order valence-electron chi connectivity index (χ0n) is 14.8. The molecule has 0 aliphatic heterocycles. The third-order valence-electron chi connectivity index (χ3n) is 3.88. The number of imidazole rings is 1. The fourth-order valence-corrected chi connectivity index (χ4v) is 3.23. The number of aromatic nitrogens is 2. The van der Waals surface area contributed by atoms with E-state index < -0.39 is 5.60 Å². The van der Waals surface area contributed by atoms with E-state index in [1.165, 1.54) is 0 Å². The standard InChI is InChI=1S/C18H23N5OS.HI/c1-3-19-16(20-11-15-12-23-9-10-25-17(23)22-15)21-13-18(2,24)14-7-5-4-6-8-14;/h4-10,12,24H,3,11,13H2,1-2H3,(H2,19,20,21);1H. The van der Waals surface area contributed by atoms with Crippen LogP contribution in [0.4, 0.5) is 0 Å². The Labute approximate surface area is 174 Å². The van der Waals surface area contributed by atoms with Crippen LogP contribution >= 0.6 is 35.3 Å². The van der Waals surface area contributed by atoms with E-state index in [-0.39, 0.29) is 24.0 Å². The topological polar surface area (TPSA) is 74.0 Å². The second-order valence-corrected chi connectivity index (χ2v) is 6.89. The minimum Gasteiger partial charge on any atom is -0.384 e. The van der Waals surface area contributed by atoms with Gasteiger partial charge in [0.15, 0.2) is 10.9 Å². The van der Waals surface area contributed by atoms with Gasteiger partial charge in [-0.3, -0.25) is 4.40 Å². The number of hydrogen-bond acceptors (Lipinski definition) is 4. The molecule has 0 bridgehead atoms. The van der Waals surface area contributed by atoms with Crippen LogP contribution < -0.4 is 10.6 Å². The van der Waals surface area contributed by atoms with Crippen molar-refractivity contribution in [3.8, 4) is 0 Å². The van der Waals surface area contributed by atoms with Gasteiger partial charge >= 0.3 is 0 Å². The Morgan fingerprint density at radius 1 is 1.31 bits per heavy atom. The molecule has 8 heteroatoms. The van der Waals surface area contributed by atoms with Crippen LogP contribution in [0.5, 0.6) is 0 Å². The highest BCUT2D eigenvalue weighted by Gasteiger charge is 2.22. The number of rotatable bonds is 6. The van der Waals surface area contributed by atoms with Crippen LogP contribution in [-0.4, -0.2) is 33.5 Å². The summed E-state index contributed by atoms with van der Waals surface area (Å²) in [4.78, 5) is 10.1. The van der Waals surface area contributed by atoms with Crippen LogP contribution in [0.3, 0.4) is 0 Å². The molecule has 1 atom stereocenters. The maximum Gasteiger partial charge on any atom is 0.193 e. The molecule has 0 aliphatic rings. The molecule has 2 aromatic heterocycles. The molecule has 0 saturated heterocycles. The molecule has 0 radical (unpaired) electrons. The zero-order chi connectivity index (χ0) is 17.7. The average Bonchev–Trinajstić information content (AvgIpc) is 3.20. The lowest BCUT2D eigenvalue weighted by Crippen LogP contribution is -2.44. The Morgan fingerprint density at radius 2 is 2.08 bits per heavy atom. The number of aliphatic imine (C=N–C) groups is 1. The number of halogens is 1. The Balaban J connectivity index is 0.00000243. The predicted octanol–water partition coefficient (Wildman–Crippen LogP) is 2.98. The van der Waals surface area contributed by atoms with Gasteiger partial charge in [-0.1, -0.05) is 30.3 Å². The summed E-state index contributed by atoms with van der Waals surface area (Å²) in [6.45, 7) is 5.40. The van der Waals surface area contributed by atoms with Crippen molar-refractivity contribution in [3.63, 3.8) is 0 Å². The van der Waals surface area contributed by atoms with Crippen molar-refractivity contribution in [1.29, 1.82) is 0 Å². The number of nitrogens with one attached hydrogen (secondary N) is 2. The molecule has 6 nitrogen and oxygen atoms in total. The number of aliphatic hydroxyl groups is 1. The molecule has 3 rings (SSSR count). The summed E-state index contributed by atoms with van der Waals surface area (Å²) in [6, 6.07) is 9.63. The van der Waals surface area contributed by atoms with Gasteiger partial charge in [0.1, 0.15) is 5.60 Å². The lowest BCUT2D eigenvalue weighted by molar-refractivity contribution is 0.0617. The highest BCUT2D eigenvalue weighted by Crippen LogP contribution is 2.18. The summed E-state index contributed by atoms with van der Waals surface area (Å²) in [5, 5.41) is 19.1. The highest BCUT2D eigenvalue weighted by atomic mass is 127. The number of fused-ring (bicyclic) bond motifs is 1. The van der Waals surface area contributed by atoms with E-state index in [0.29, 0.717) is 19.0 Å².